The molecule has 128 valence electrons. The molecule has 0 spiro atoms. The first-order valence-electron chi connectivity index (χ1n) is 7.83. The van der Waals surface area contributed by atoms with Crippen molar-refractivity contribution in [2.45, 2.75) is 13.0 Å². The molecule has 2 aromatic carbocycles. The number of hydrogen-bond donors (Lipinski definition) is 2. The molecule has 0 aliphatic heterocycles. The Morgan fingerprint density at radius 1 is 1.16 bits per heavy atom. The van der Waals surface area contributed by atoms with Crippen molar-refractivity contribution in [3.8, 4) is 17.0 Å². The number of halogens is 1. The van der Waals surface area contributed by atoms with Gasteiger partial charge in [0, 0.05) is 10.0 Å². The lowest BCUT2D eigenvalue weighted by Crippen LogP contribution is -2.26. The molecule has 0 saturated carbocycles. The number of carbonyl (C=O) groups is 1. The van der Waals surface area contributed by atoms with Crippen LogP contribution in [0.3, 0.4) is 0 Å². The molecule has 0 aliphatic rings. The summed E-state index contributed by atoms with van der Waals surface area (Å²) in [6, 6.07) is 17.0. The van der Waals surface area contributed by atoms with Crippen molar-refractivity contribution in [1.82, 2.24) is 15.5 Å². The molecule has 1 aromatic heterocycles. The monoisotopic (exact) mass is 399 g/mol. The van der Waals surface area contributed by atoms with E-state index in [9.17, 15) is 4.79 Å². The molecular weight excluding hydrogens is 382 g/mol. The number of benzene rings is 2. The van der Waals surface area contributed by atoms with Crippen LogP contribution in [0.4, 0.5) is 0 Å². The Morgan fingerprint density at radius 2 is 1.84 bits per heavy atom. The van der Waals surface area contributed by atoms with E-state index in [4.69, 9.17) is 4.74 Å². The van der Waals surface area contributed by atoms with Crippen LogP contribution in [-0.2, 0) is 0 Å². The van der Waals surface area contributed by atoms with Gasteiger partial charge >= 0.3 is 0 Å². The summed E-state index contributed by atoms with van der Waals surface area (Å²) in [4.78, 5) is 12.4. The van der Waals surface area contributed by atoms with Crippen LogP contribution in [0.5, 0.6) is 5.75 Å². The molecule has 0 fully saturated rings. The highest BCUT2D eigenvalue weighted by Crippen LogP contribution is 2.21. The van der Waals surface area contributed by atoms with Crippen molar-refractivity contribution in [3.05, 3.63) is 70.3 Å². The van der Waals surface area contributed by atoms with E-state index in [0.29, 0.717) is 5.69 Å². The number of hydrogen-bond acceptors (Lipinski definition) is 3. The minimum absolute atomic E-state index is 0.127. The van der Waals surface area contributed by atoms with Crippen LogP contribution in [0.15, 0.2) is 59.1 Å². The standard InChI is InChI=1S/C19H18BrN3O2/c1-12(13-5-9-16(25-2)10-6-13)21-19(24)18-11-17(22-23-18)14-3-7-15(20)8-4-14/h3-12H,1-2H3,(H,21,24)(H,22,23)/t12-/m1/s1. The molecule has 0 bridgehead atoms. The third-order valence-corrected chi connectivity index (χ3v) is 4.45. The summed E-state index contributed by atoms with van der Waals surface area (Å²) >= 11 is 3.40. The molecule has 1 heterocycles. The minimum Gasteiger partial charge on any atom is -0.497 e. The Hall–Kier alpha value is -2.60. The Kier molecular flexibility index (Phi) is 5.19. The molecular formula is C19H18BrN3O2. The van der Waals surface area contributed by atoms with Crippen LogP contribution >= 0.6 is 15.9 Å². The fraction of sp³-hybridized carbons (Fsp3) is 0.158. The van der Waals surface area contributed by atoms with Crippen LogP contribution in [0.1, 0.15) is 29.0 Å². The Labute approximate surface area is 154 Å². The average molecular weight is 400 g/mol. The number of methoxy groups -OCH3 is 1. The van der Waals surface area contributed by atoms with E-state index in [1.54, 1.807) is 13.2 Å². The van der Waals surface area contributed by atoms with E-state index in [1.807, 2.05) is 55.5 Å². The quantitative estimate of drug-likeness (QED) is 0.670. The number of nitrogens with one attached hydrogen (secondary N) is 2. The SMILES string of the molecule is COc1ccc([C@@H](C)NC(=O)c2cc(-c3ccc(Br)cc3)n[nH]2)cc1. The normalized spacial score (nSPS) is 11.8. The van der Waals surface area contributed by atoms with Crippen LogP contribution < -0.4 is 10.1 Å². The second kappa shape index (κ2) is 7.53. The van der Waals surface area contributed by atoms with Gasteiger partial charge in [-0.15, -0.1) is 0 Å². The van der Waals surface area contributed by atoms with Gasteiger partial charge in [0.2, 0.25) is 0 Å². The molecule has 6 heteroatoms. The maximum Gasteiger partial charge on any atom is 0.269 e. The van der Waals surface area contributed by atoms with Gasteiger partial charge in [0.15, 0.2) is 0 Å². The van der Waals surface area contributed by atoms with E-state index < -0.39 is 0 Å². The van der Waals surface area contributed by atoms with Crippen molar-refractivity contribution >= 4 is 21.8 Å². The van der Waals surface area contributed by atoms with E-state index >= 15 is 0 Å². The van der Waals surface area contributed by atoms with Gasteiger partial charge in [0.1, 0.15) is 11.4 Å². The highest BCUT2D eigenvalue weighted by Gasteiger charge is 2.14. The van der Waals surface area contributed by atoms with Crippen molar-refractivity contribution in [1.29, 1.82) is 0 Å². The zero-order chi connectivity index (χ0) is 17.8. The average Bonchev–Trinajstić information content (AvgIpc) is 3.12. The summed E-state index contributed by atoms with van der Waals surface area (Å²) in [6.45, 7) is 1.94. The van der Waals surface area contributed by atoms with Gasteiger partial charge < -0.3 is 10.1 Å². The van der Waals surface area contributed by atoms with Crippen LogP contribution in [0, 0.1) is 0 Å². The summed E-state index contributed by atoms with van der Waals surface area (Å²) in [6.07, 6.45) is 0. The third kappa shape index (κ3) is 4.09. The summed E-state index contributed by atoms with van der Waals surface area (Å²) in [5.74, 6) is 0.592. The van der Waals surface area contributed by atoms with Crippen molar-refractivity contribution in [2.75, 3.05) is 7.11 Å². The number of ether oxygens (including phenoxy) is 1. The number of rotatable bonds is 5. The fourth-order valence-electron chi connectivity index (χ4n) is 2.46. The van der Waals surface area contributed by atoms with Crippen LogP contribution in [0.2, 0.25) is 0 Å². The maximum absolute atomic E-state index is 12.4. The van der Waals surface area contributed by atoms with E-state index in [1.165, 1.54) is 0 Å². The number of carbonyl (C=O) groups excluding carboxylic acids is 1. The predicted octanol–water partition coefficient (Wildman–Crippen LogP) is 4.34. The van der Waals surface area contributed by atoms with E-state index in [2.05, 4.69) is 31.4 Å². The van der Waals surface area contributed by atoms with Crippen LogP contribution in [-0.4, -0.2) is 23.2 Å². The molecule has 0 saturated heterocycles. The molecule has 25 heavy (non-hydrogen) atoms. The van der Waals surface area contributed by atoms with Gasteiger partial charge in [0.25, 0.3) is 5.91 Å². The lowest BCUT2D eigenvalue weighted by atomic mass is 10.1. The molecule has 1 atom stereocenters. The minimum atomic E-state index is -0.195. The fourth-order valence-corrected chi connectivity index (χ4v) is 2.72. The number of amides is 1. The van der Waals surface area contributed by atoms with Gasteiger partial charge in [-0.1, -0.05) is 40.2 Å². The summed E-state index contributed by atoms with van der Waals surface area (Å²) in [5, 5.41) is 9.99. The molecule has 2 N–H and O–H groups in total. The van der Waals surface area contributed by atoms with Gasteiger partial charge in [-0.25, -0.2) is 0 Å². The first-order valence-corrected chi connectivity index (χ1v) is 8.62. The topological polar surface area (TPSA) is 67.0 Å². The first kappa shape index (κ1) is 17.2. The van der Waals surface area contributed by atoms with Gasteiger partial charge in [-0.3, -0.25) is 9.89 Å². The third-order valence-electron chi connectivity index (χ3n) is 3.93. The van der Waals surface area contributed by atoms with Crippen molar-refractivity contribution < 1.29 is 9.53 Å². The molecule has 0 radical (unpaired) electrons. The largest absolute Gasteiger partial charge is 0.497 e. The highest BCUT2D eigenvalue weighted by molar-refractivity contribution is 9.10. The number of H-pyrrole nitrogens is 1. The molecule has 5 nitrogen and oxygen atoms in total. The van der Waals surface area contributed by atoms with Gasteiger partial charge in [-0.2, -0.15) is 5.10 Å². The number of aromatic amines is 1. The molecule has 3 aromatic rings. The molecule has 3 rings (SSSR count). The Morgan fingerprint density at radius 3 is 2.48 bits per heavy atom. The first-order chi connectivity index (χ1) is 12.1. The zero-order valence-electron chi connectivity index (χ0n) is 13.9. The number of aromatic nitrogens is 2. The van der Waals surface area contributed by atoms with Crippen LogP contribution in [0.25, 0.3) is 11.3 Å². The van der Waals surface area contributed by atoms with Crippen molar-refractivity contribution in [2.24, 2.45) is 0 Å². The van der Waals surface area contributed by atoms with Gasteiger partial charge in [0.05, 0.1) is 18.8 Å². The summed E-state index contributed by atoms with van der Waals surface area (Å²) in [5.41, 5.74) is 3.11. The van der Waals surface area contributed by atoms with Crippen molar-refractivity contribution in [3.63, 3.8) is 0 Å². The van der Waals surface area contributed by atoms with E-state index in [-0.39, 0.29) is 11.9 Å². The smallest absolute Gasteiger partial charge is 0.269 e. The zero-order valence-corrected chi connectivity index (χ0v) is 15.5. The number of nitrogens with zero attached hydrogens (tertiary/aromatic N) is 1. The lowest BCUT2D eigenvalue weighted by molar-refractivity contribution is 0.0935. The summed E-state index contributed by atoms with van der Waals surface area (Å²) < 4.78 is 6.15. The Balaban J connectivity index is 1.69. The van der Waals surface area contributed by atoms with Gasteiger partial charge in [-0.05, 0) is 42.8 Å². The summed E-state index contributed by atoms with van der Waals surface area (Å²) in [7, 11) is 1.63. The molecule has 0 aliphatic carbocycles. The molecule has 1 amide bonds. The molecule has 0 unspecified atom stereocenters. The second-order valence-electron chi connectivity index (χ2n) is 5.64. The second-order valence-corrected chi connectivity index (χ2v) is 6.56. The maximum atomic E-state index is 12.4. The lowest BCUT2D eigenvalue weighted by Gasteiger charge is -2.14. The Bertz CT molecular complexity index is 857. The predicted molar refractivity (Wildman–Crippen MR) is 101 cm³/mol. The van der Waals surface area contributed by atoms with E-state index in [0.717, 1.165) is 27.0 Å². The highest BCUT2D eigenvalue weighted by atomic mass is 79.9.